The molecule has 0 fully saturated rings. The number of halogens is 3. The molecule has 0 heterocycles. The molecular weight excluding hydrogens is 227 g/mol. The molecular formula is C8H6F3N3S. The van der Waals surface area contributed by atoms with Crippen molar-refractivity contribution in [1.29, 1.82) is 0 Å². The molecule has 1 aromatic rings. The Balaban J connectivity index is 2.94. The summed E-state index contributed by atoms with van der Waals surface area (Å²) in [5, 5.41) is 3.23. The van der Waals surface area contributed by atoms with Crippen molar-refractivity contribution in [3.8, 4) is 0 Å². The summed E-state index contributed by atoms with van der Waals surface area (Å²) < 4.78 is 38.3. The number of thiocarbonyl (C=S) groups is 1. The van der Waals surface area contributed by atoms with Crippen LogP contribution in [-0.2, 0) is 0 Å². The fourth-order valence-electron chi connectivity index (χ4n) is 0.835. The Morgan fingerprint density at radius 1 is 1.40 bits per heavy atom. The molecule has 80 valence electrons. The lowest BCUT2D eigenvalue weighted by Gasteiger charge is -1.99. The molecule has 0 saturated carbocycles. The minimum atomic E-state index is -1.29. The van der Waals surface area contributed by atoms with E-state index in [2.05, 4.69) is 22.7 Å². The molecule has 0 radical (unpaired) electrons. The maximum Gasteiger partial charge on any atom is 0.184 e. The smallest absolute Gasteiger partial charge is 0.184 e. The molecule has 7 heteroatoms. The van der Waals surface area contributed by atoms with E-state index >= 15 is 0 Å². The Morgan fingerprint density at radius 2 is 2.07 bits per heavy atom. The summed E-state index contributed by atoms with van der Waals surface area (Å²) in [5.74, 6) is -3.37. The van der Waals surface area contributed by atoms with Gasteiger partial charge in [-0.2, -0.15) is 5.10 Å². The number of hydrogen-bond donors (Lipinski definition) is 2. The van der Waals surface area contributed by atoms with Gasteiger partial charge in [-0.05, 0) is 18.3 Å². The van der Waals surface area contributed by atoms with Crippen LogP contribution in [0.15, 0.2) is 17.2 Å². The highest BCUT2D eigenvalue weighted by atomic mass is 32.1. The van der Waals surface area contributed by atoms with E-state index in [4.69, 9.17) is 5.73 Å². The van der Waals surface area contributed by atoms with E-state index in [0.29, 0.717) is 6.07 Å². The molecule has 3 nitrogen and oxygen atoms in total. The fourth-order valence-corrected chi connectivity index (χ4v) is 0.888. The van der Waals surface area contributed by atoms with Crippen LogP contribution < -0.4 is 11.2 Å². The van der Waals surface area contributed by atoms with Crippen molar-refractivity contribution < 1.29 is 13.2 Å². The molecule has 0 aliphatic carbocycles. The lowest BCUT2D eigenvalue weighted by atomic mass is 10.2. The van der Waals surface area contributed by atoms with Gasteiger partial charge in [0.15, 0.2) is 16.7 Å². The summed E-state index contributed by atoms with van der Waals surface area (Å²) in [6.45, 7) is 0. The summed E-state index contributed by atoms with van der Waals surface area (Å²) in [6.07, 6.45) is 0.876. The second kappa shape index (κ2) is 4.74. The van der Waals surface area contributed by atoms with E-state index in [9.17, 15) is 13.2 Å². The van der Waals surface area contributed by atoms with Gasteiger partial charge in [-0.25, -0.2) is 13.2 Å². The zero-order valence-corrected chi connectivity index (χ0v) is 8.12. The Morgan fingerprint density at radius 3 is 2.67 bits per heavy atom. The zero-order chi connectivity index (χ0) is 11.4. The SMILES string of the molecule is NC(=S)NN=Cc1cc(F)cc(F)c1F. The van der Waals surface area contributed by atoms with Gasteiger partial charge in [0.05, 0.1) is 6.21 Å². The third kappa shape index (κ3) is 3.21. The van der Waals surface area contributed by atoms with Crippen molar-refractivity contribution in [2.75, 3.05) is 0 Å². The predicted octanol–water partition coefficient (Wildman–Crippen LogP) is 1.27. The first-order chi connectivity index (χ1) is 7.00. The topological polar surface area (TPSA) is 50.4 Å². The van der Waals surface area contributed by atoms with Crippen LogP contribution in [0.3, 0.4) is 0 Å². The Bertz CT molecular complexity index is 420. The highest BCUT2D eigenvalue weighted by Gasteiger charge is 2.08. The van der Waals surface area contributed by atoms with Crippen molar-refractivity contribution in [2.24, 2.45) is 10.8 Å². The van der Waals surface area contributed by atoms with E-state index in [0.717, 1.165) is 12.3 Å². The summed E-state index contributed by atoms with van der Waals surface area (Å²) in [5.41, 5.74) is 6.81. The number of nitrogens with zero attached hydrogens (tertiary/aromatic N) is 1. The first-order valence-electron chi connectivity index (χ1n) is 3.73. The van der Waals surface area contributed by atoms with Crippen LogP contribution in [0.25, 0.3) is 0 Å². The molecule has 0 saturated heterocycles. The Kier molecular flexibility index (Phi) is 3.62. The Labute approximate surface area is 88.8 Å². The largest absolute Gasteiger partial charge is 0.375 e. The maximum absolute atomic E-state index is 13.0. The summed E-state index contributed by atoms with van der Waals surface area (Å²) >= 11 is 4.41. The number of hydrogen-bond acceptors (Lipinski definition) is 2. The van der Waals surface area contributed by atoms with Gasteiger partial charge in [0.25, 0.3) is 0 Å². The fraction of sp³-hybridized carbons (Fsp3) is 0. The molecule has 0 atom stereocenters. The normalized spacial score (nSPS) is 10.6. The van der Waals surface area contributed by atoms with Gasteiger partial charge >= 0.3 is 0 Å². The number of hydrazone groups is 1. The number of nitrogens with two attached hydrogens (primary N) is 1. The quantitative estimate of drug-likeness (QED) is 0.350. The van der Waals surface area contributed by atoms with Crippen molar-refractivity contribution in [1.82, 2.24) is 5.43 Å². The van der Waals surface area contributed by atoms with E-state index in [1.165, 1.54) is 0 Å². The van der Waals surface area contributed by atoms with Crippen molar-refractivity contribution in [2.45, 2.75) is 0 Å². The Hall–Kier alpha value is -1.63. The van der Waals surface area contributed by atoms with Gasteiger partial charge in [-0.1, -0.05) is 0 Å². The van der Waals surface area contributed by atoms with E-state index < -0.39 is 17.5 Å². The van der Waals surface area contributed by atoms with Gasteiger partial charge < -0.3 is 5.73 Å². The van der Waals surface area contributed by atoms with Gasteiger partial charge in [-0.15, -0.1) is 0 Å². The number of benzene rings is 1. The predicted molar refractivity (Wildman–Crippen MR) is 53.8 cm³/mol. The first kappa shape index (κ1) is 11.4. The molecule has 15 heavy (non-hydrogen) atoms. The first-order valence-corrected chi connectivity index (χ1v) is 4.14. The minimum absolute atomic E-state index is 0.136. The summed E-state index contributed by atoms with van der Waals surface area (Å²) in [7, 11) is 0. The van der Waals surface area contributed by atoms with E-state index in [-0.39, 0.29) is 10.7 Å². The van der Waals surface area contributed by atoms with E-state index in [1.807, 2.05) is 0 Å². The number of nitrogens with one attached hydrogen (secondary N) is 1. The van der Waals surface area contributed by atoms with Crippen LogP contribution >= 0.6 is 12.2 Å². The third-order valence-electron chi connectivity index (χ3n) is 1.40. The zero-order valence-electron chi connectivity index (χ0n) is 7.30. The molecule has 0 aromatic heterocycles. The van der Waals surface area contributed by atoms with Gasteiger partial charge in [0, 0.05) is 11.6 Å². The van der Waals surface area contributed by atoms with Gasteiger partial charge in [0.1, 0.15) is 5.82 Å². The molecule has 1 rings (SSSR count). The molecule has 0 aliphatic heterocycles. The molecule has 0 bridgehead atoms. The van der Waals surface area contributed by atoms with Crippen LogP contribution in [0, 0.1) is 17.5 Å². The van der Waals surface area contributed by atoms with Crippen LogP contribution in [0.4, 0.5) is 13.2 Å². The highest BCUT2D eigenvalue weighted by Crippen LogP contribution is 2.12. The van der Waals surface area contributed by atoms with Crippen LogP contribution in [-0.4, -0.2) is 11.3 Å². The monoisotopic (exact) mass is 233 g/mol. The van der Waals surface area contributed by atoms with Gasteiger partial charge in [-0.3, -0.25) is 5.43 Å². The highest BCUT2D eigenvalue weighted by molar-refractivity contribution is 7.80. The second-order valence-electron chi connectivity index (χ2n) is 2.53. The van der Waals surface area contributed by atoms with E-state index in [1.54, 1.807) is 0 Å². The second-order valence-corrected chi connectivity index (χ2v) is 2.96. The van der Waals surface area contributed by atoms with Crippen LogP contribution in [0.2, 0.25) is 0 Å². The number of rotatable bonds is 2. The molecule has 1 aromatic carbocycles. The molecule has 0 unspecified atom stereocenters. The van der Waals surface area contributed by atoms with Crippen LogP contribution in [0.5, 0.6) is 0 Å². The summed E-state index contributed by atoms with van der Waals surface area (Å²) in [4.78, 5) is 0. The van der Waals surface area contributed by atoms with Gasteiger partial charge in [0.2, 0.25) is 0 Å². The standard InChI is InChI=1S/C8H6F3N3S/c9-5-1-4(3-13-14-8(12)15)7(11)6(10)2-5/h1-3H,(H3,12,14,15). The lowest BCUT2D eigenvalue weighted by Crippen LogP contribution is -2.24. The molecule has 3 N–H and O–H groups in total. The molecule has 0 aliphatic rings. The van der Waals surface area contributed by atoms with Crippen molar-refractivity contribution in [3.05, 3.63) is 35.1 Å². The average Bonchev–Trinajstić information content (AvgIpc) is 2.12. The molecule has 0 spiro atoms. The minimum Gasteiger partial charge on any atom is -0.375 e. The third-order valence-corrected chi connectivity index (χ3v) is 1.49. The lowest BCUT2D eigenvalue weighted by molar-refractivity contribution is 0.493. The molecule has 0 amide bonds. The summed E-state index contributed by atoms with van der Waals surface area (Å²) in [6, 6.07) is 1.23. The van der Waals surface area contributed by atoms with Crippen LogP contribution in [0.1, 0.15) is 5.56 Å². The van der Waals surface area contributed by atoms with Crippen molar-refractivity contribution >= 4 is 23.5 Å². The van der Waals surface area contributed by atoms with Crippen molar-refractivity contribution in [3.63, 3.8) is 0 Å². The average molecular weight is 233 g/mol. The maximum atomic E-state index is 13.0.